The Hall–Kier alpha value is -1.71. The minimum Gasteiger partial charge on any atom is -0.345 e. The average Bonchev–Trinajstić information content (AvgIpc) is 2.12. The van der Waals surface area contributed by atoms with E-state index in [1.165, 1.54) is 18.2 Å². The van der Waals surface area contributed by atoms with Crippen molar-refractivity contribution in [3.8, 4) is 0 Å². The zero-order valence-electron chi connectivity index (χ0n) is 6.63. The number of carbonyl (C=O) groups excluding carboxylic acids is 2. The van der Waals surface area contributed by atoms with E-state index in [4.69, 9.17) is 0 Å². The number of amides is 1. The molecule has 0 bridgehead atoms. The number of halogens is 1. The number of carbonyl (C=O) groups is 2. The zero-order chi connectivity index (χ0) is 9.42. The summed E-state index contributed by atoms with van der Waals surface area (Å²) in [6.45, 7) is -0.118. The Morgan fingerprint density at radius 1 is 1.31 bits per heavy atom. The van der Waals surface area contributed by atoms with Gasteiger partial charge in [-0.15, -0.1) is 0 Å². The molecule has 0 fully saturated rings. The molecule has 0 spiro atoms. The summed E-state index contributed by atoms with van der Waals surface area (Å²) >= 11 is 0. The van der Waals surface area contributed by atoms with Crippen LogP contribution in [0.25, 0.3) is 0 Å². The maximum atomic E-state index is 13.1. The van der Waals surface area contributed by atoms with Crippen LogP contribution in [0.1, 0.15) is 20.7 Å². The number of nitrogens with one attached hydrogen (secondary N) is 1. The van der Waals surface area contributed by atoms with Crippen molar-refractivity contribution in [3.05, 3.63) is 35.1 Å². The first-order valence-corrected chi connectivity index (χ1v) is 3.80. The maximum absolute atomic E-state index is 13.1. The molecule has 1 aliphatic heterocycles. The van der Waals surface area contributed by atoms with Gasteiger partial charge in [-0.3, -0.25) is 9.59 Å². The van der Waals surface area contributed by atoms with Crippen molar-refractivity contribution in [3.63, 3.8) is 0 Å². The highest BCUT2D eigenvalue weighted by Crippen LogP contribution is 2.16. The van der Waals surface area contributed by atoms with E-state index in [0.717, 1.165) is 0 Å². The molecule has 0 atom stereocenters. The third-order valence-corrected chi connectivity index (χ3v) is 1.95. The standard InChI is InChI=1S/C9H6FNO2/c10-6-3-1-2-5-8(6)7(12)4-11-9(5)13/h1-3H,4H2,(H,11,13). The molecule has 1 amide bonds. The Kier molecular flexibility index (Phi) is 1.62. The number of hydrogen-bond acceptors (Lipinski definition) is 2. The van der Waals surface area contributed by atoms with Gasteiger partial charge in [0.2, 0.25) is 0 Å². The Balaban J connectivity index is 2.70. The Morgan fingerprint density at radius 3 is 2.77 bits per heavy atom. The molecule has 13 heavy (non-hydrogen) atoms. The molecule has 66 valence electrons. The van der Waals surface area contributed by atoms with Crippen LogP contribution in [0.15, 0.2) is 18.2 Å². The topological polar surface area (TPSA) is 46.2 Å². The molecular weight excluding hydrogens is 173 g/mol. The summed E-state index contributed by atoms with van der Waals surface area (Å²) in [5, 5.41) is 2.36. The number of hydrogen-bond donors (Lipinski definition) is 1. The van der Waals surface area contributed by atoms with Crippen molar-refractivity contribution >= 4 is 11.7 Å². The number of rotatable bonds is 0. The minimum absolute atomic E-state index is 0.0914. The molecule has 2 rings (SSSR count). The quantitative estimate of drug-likeness (QED) is 0.638. The highest BCUT2D eigenvalue weighted by atomic mass is 19.1. The van der Waals surface area contributed by atoms with Crippen LogP contribution in [0, 0.1) is 5.82 Å². The Morgan fingerprint density at radius 2 is 2.08 bits per heavy atom. The molecule has 0 saturated heterocycles. The van der Waals surface area contributed by atoms with Crippen LogP contribution in [0.3, 0.4) is 0 Å². The van der Waals surface area contributed by atoms with Gasteiger partial charge in [-0.2, -0.15) is 0 Å². The highest BCUT2D eigenvalue weighted by molar-refractivity contribution is 6.13. The van der Waals surface area contributed by atoms with E-state index in [2.05, 4.69) is 5.32 Å². The van der Waals surface area contributed by atoms with Crippen LogP contribution < -0.4 is 5.32 Å². The summed E-state index contributed by atoms with van der Waals surface area (Å²) in [5.74, 6) is -1.40. The van der Waals surface area contributed by atoms with Crippen molar-refractivity contribution in [1.29, 1.82) is 0 Å². The van der Waals surface area contributed by atoms with Crippen molar-refractivity contribution in [1.82, 2.24) is 5.32 Å². The summed E-state index contributed by atoms with van der Waals surface area (Å²) in [4.78, 5) is 22.4. The third kappa shape index (κ3) is 1.11. The molecule has 1 aromatic rings. The molecule has 1 aromatic carbocycles. The fraction of sp³-hybridized carbons (Fsp3) is 0.111. The average molecular weight is 179 g/mol. The van der Waals surface area contributed by atoms with Gasteiger partial charge in [0.05, 0.1) is 17.7 Å². The number of benzene rings is 1. The molecule has 1 heterocycles. The lowest BCUT2D eigenvalue weighted by atomic mass is 9.99. The smallest absolute Gasteiger partial charge is 0.252 e. The second-order valence-corrected chi connectivity index (χ2v) is 2.77. The van der Waals surface area contributed by atoms with Gasteiger partial charge in [0.15, 0.2) is 5.78 Å². The zero-order valence-corrected chi connectivity index (χ0v) is 6.63. The molecule has 3 nitrogen and oxygen atoms in total. The summed E-state index contributed by atoms with van der Waals surface area (Å²) < 4.78 is 13.1. The molecule has 4 heteroatoms. The van der Waals surface area contributed by atoms with Crippen LogP contribution in [-0.2, 0) is 0 Å². The molecule has 0 unspecified atom stereocenters. The third-order valence-electron chi connectivity index (χ3n) is 1.95. The molecule has 0 aliphatic carbocycles. The molecule has 0 aromatic heterocycles. The summed E-state index contributed by atoms with van der Waals surface area (Å²) in [5.41, 5.74) is 0.0301. The monoisotopic (exact) mass is 179 g/mol. The van der Waals surface area contributed by atoms with Crippen LogP contribution in [0.5, 0.6) is 0 Å². The van der Waals surface area contributed by atoms with Gasteiger partial charge in [-0.05, 0) is 12.1 Å². The van der Waals surface area contributed by atoms with E-state index < -0.39 is 11.7 Å². The number of Topliss-reactive ketones (excluding diaryl/α,β-unsaturated/α-hetero) is 1. The number of ketones is 1. The lowest BCUT2D eigenvalue weighted by Crippen LogP contribution is -2.37. The Labute approximate surface area is 73.6 Å². The normalized spacial score (nSPS) is 15.2. The molecule has 0 saturated carbocycles. The van der Waals surface area contributed by atoms with Crippen molar-refractivity contribution in [2.24, 2.45) is 0 Å². The van der Waals surface area contributed by atoms with E-state index in [-0.39, 0.29) is 23.5 Å². The highest BCUT2D eigenvalue weighted by Gasteiger charge is 2.25. The predicted molar refractivity (Wildman–Crippen MR) is 43.1 cm³/mol. The van der Waals surface area contributed by atoms with Gasteiger partial charge < -0.3 is 5.32 Å². The van der Waals surface area contributed by atoms with Gasteiger partial charge in [-0.25, -0.2) is 4.39 Å². The van der Waals surface area contributed by atoms with Gasteiger partial charge in [0.25, 0.3) is 5.91 Å². The minimum atomic E-state index is -0.627. The predicted octanol–water partition coefficient (Wildman–Crippen LogP) is 0.752. The van der Waals surface area contributed by atoms with Crippen LogP contribution in [-0.4, -0.2) is 18.2 Å². The maximum Gasteiger partial charge on any atom is 0.252 e. The summed E-state index contributed by atoms with van der Waals surface area (Å²) in [6, 6.07) is 4.02. The first kappa shape index (κ1) is 7.91. The lowest BCUT2D eigenvalue weighted by molar-refractivity contribution is 0.0874. The largest absolute Gasteiger partial charge is 0.345 e. The molecule has 1 N–H and O–H groups in total. The van der Waals surface area contributed by atoms with Gasteiger partial charge in [-0.1, -0.05) is 6.07 Å². The fourth-order valence-corrected chi connectivity index (χ4v) is 1.34. The second kappa shape index (κ2) is 2.65. The SMILES string of the molecule is O=C1NCC(=O)c2c(F)cccc21. The van der Waals surface area contributed by atoms with Crippen LogP contribution in [0.4, 0.5) is 4.39 Å². The lowest BCUT2D eigenvalue weighted by Gasteiger charge is -2.14. The van der Waals surface area contributed by atoms with E-state index in [1.54, 1.807) is 0 Å². The first-order valence-electron chi connectivity index (χ1n) is 3.80. The number of fused-ring (bicyclic) bond motifs is 1. The van der Waals surface area contributed by atoms with Gasteiger partial charge in [0, 0.05) is 0 Å². The van der Waals surface area contributed by atoms with Crippen molar-refractivity contribution in [2.45, 2.75) is 0 Å². The van der Waals surface area contributed by atoms with E-state index >= 15 is 0 Å². The summed E-state index contributed by atoms with van der Waals surface area (Å²) in [7, 11) is 0. The van der Waals surface area contributed by atoms with E-state index in [9.17, 15) is 14.0 Å². The Bertz CT molecular complexity index is 401. The summed E-state index contributed by atoms with van der Waals surface area (Å²) in [6.07, 6.45) is 0. The molecule has 0 radical (unpaired) electrons. The first-order chi connectivity index (χ1) is 6.20. The van der Waals surface area contributed by atoms with Crippen LogP contribution in [0.2, 0.25) is 0 Å². The van der Waals surface area contributed by atoms with Crippen LogP contribution >= 0.6 is 0 Å². The molecular formula is C9H6FNO2. The van der Waals surface area contributed by atoms with Crippen molar-refractivity contribution in [2.75, 3.05) is 6.54 Å². The van der Waals surface area contributed by atoms with Gasteiger partial charge >= 0.3 is 0 Å². The second-order valence-electron chi connectivity index (χ2n) is 2.77. The fourth-order valence-electron chi connectivity index (χ4n) is 1.34. The van der Waals surface area contributed by atoms with Crippen molar-refractivity contribution < 1.29 is 14.0 Å². The van der Waals surface area contributed by atoms with Gasteiger partial charge in [0.1, 0.15) is 5.82 Å². The van der Waals surface area contributed by atoms with E-state index in [1.807, 2.05) is 0 Å². The van der Waals surface area contributed by atoms with E-state index in [0.29, 0.717) is 0 Å². The molecule has 1 aliphatic rings.